The lowest BCUT2D eigenvalue weighted by Gasteiger charge is -2.42. The molecule has 0 radical (unpaired) electrons. The van der Waals surface area contributed by atoms with Gasteiger partial charge in [0.25, 0.3) is 5.56 Å². The Balaban J connectivity index is 1.36. The third kappa shape index (κ3) is 3.71. The minimum atomic E-state index is -0.223. The van der Waals surface area contributed by atoms with Crippen molar-refractivity contribution in [3.05, 3.63) is 51.9 Å². The Hall–Kier alpha value is -2.47. The molecule has 31 heavy (non-hydrogen) atoms. The summed E-state index contributed by atoms with van der Waals surface area (Å²) in [6, 6.07) is 9.83. The van der Waals surface area contributed by atoms with E-state index in [1.54, 1.807) is 0 Å². The molecule has 1 N–H and O–H groups in total. The molecule has 3 aliphatic rings. The number of carbonyl (C=O) groups is 1. The fraction of sp³-hybridized carbons (Fsp3) is 0.560. The van der Waals surface area contributed by atoms with E-state index in [1.165, 1.54) is 0 Å². The Morgan fingerprint density at radius 1 is 1.16 bits per heavy atom. The summed E-state index contributed by atoms with van der Waals surface area (Å²) in [4.78, 5) is 36.0. The number of hydrogen-bond acceptors (Lipinski definition) is 4. The van der Waals surface area contributed by atoms with Gasteiger partial charge in [-0.2, -0.15) is 0 Å². The first-order chi connectivity index (χ1) is 14.9. The van der Waals surface area contributed by atoms with Gasteiger partial charge in [0.1, 0.15) is 5.82 Å². The number of aromatic nitrogens is 2. The monoisotopic (exact) mass is 421 g/mol. The van der Waals surface area contributed by atoms with E-state index >= 15 is 0 Å². The molecule has 1 aromatic heterocycles. The first kappa shape index (κ1) is 20.4. The number of nitrogens with zero attached hydrogens (tertiary/aromatic N) is 2. The Kier molecular flexibility index (Phi) is 5.00. The van der Waals surface area contributed by atoms with Crippen molar-refractivity contribution in [1.29, 1.82) is 0 Å². The lowest BCUT2D eigenvalue weighted by molar-refractivity contribution is -0.147. The summed E-state index contributed by atoms with van der Waals surface area (Å²) in [6.45, 7) is 6.28. The van der Waals surface area contributed by atoms with Crippen molar-refractivity contribution in [3.63, 3.8) is 0 Å². The highest BCUT2D eigenvalue weighted by Crippen LogP contribution is 2.45. The molecule has 2 aromatic rings. The van der Waals surface area contributed by atoms with Gasteiger partial charge in [-0.3, -0.25) is 9.59 Å². The predicted molar refractivity (Wildman–Crippen MR) is 119 cm³/mol. The molecule has 1 amide bonds. The molecule has 2 aliphatic heterocycles. The van der Waals surface area contributed by atoms with Gasteiger partial charge in [-0.25, -0.2) is 4.98 Å². The predicted octanol–water partition coefficient (Wildman–Crippen LogP) is 3.45. The van der Waals surface area contributed by atoms with E-state index in [0.29, 0.717) is 12.4 Å². The number of aromatic amines is 1. The van der Waals surface area contributed by atoms with Crippen molar-refractivity contribution < 1.29 is 9.53 Å². The lowest BCUT2D eigenvalue weighted by atomic mass is 9.75. The number of carbonyl (C=O) groups excluding carboxylic acids is 1. The second-order valence-electron chi connectivity index (χ2n) is 10.0. The van der Waals surface area contributed by atoms with Crippen molar-refractivity contribution in [2.24, 2.45) is 5.92 Å². The minimum Gasteiger partial charge on any atom is -0.376 e. The SMILES string of the molecule is CC1(C)CC(C(=O)N2CCC3(CCc4c3nc(-c3ccccc3)[nH]c4=O)CC2)CCO1. The molecule has 1 aliphatic carbocycles. The largest absolute Gasteiger partial charge is 0.376 e. The van der Waals surface area contributed by atoms with Gasteiger partial charge < -0.3 is 14.6 Å². The maximum absolute atomic E-state index is 13.2. The van der Waals surface area contributed by atoms with Gasteiger partial charge in [-0.1, -0.05) is 30.3 Å². The standard InChI is InChI=1S/C25H31N3O3/c1-24(2)16-18(9-15-31-24)23(30)28-13-11-25(12-14-28)10-8-19-20(25)26-21(27-22(19)29)17-6-4-3-5-7-17/h3-7,18H,8-16H2,1-2H3,(H,26,27,29). The first-order valence-electron chi connectivity index (χ1n) is 11.5. The molecule has 5 rings (SSSR count). The molecule has 0 bridgehead atoms. The fourth-order valence-corrected chi connectivity index (χ4v) is 5.73. The molecule has 164 valence electrons. The van der Waals surface area contributed by atoms with Crippen molar-refractivity contribution in [2.45, 2.75) is 63.4 Å². The molecule has 1 spiro atoms. The summed E-state index contributed by atoms with van der Waals surface area (Å²) in [5.74, 6) is 0.973. The van der Waals surface area contributed by atoms with Crippen molar-refractivity contribution in [1.82, 2.24) is 14.9 Å². The normalized spacial score (nSPS) is 24.2. The summed E-state index contributed by atoms with van der Waals surface area (Å²) >= 11 is 0. The van der Waals surface area contributed by atoms with Gasteiger partial charge >= 0.3 is 0 Å². The van der Waals surface area contributed by atoms with Crippen molar-refractivity contribution in [3.8, 4) is 11.4 Å². The molecule has 1 unspecified atom stereocenters. The van der Waals surface area contributed by atoms with E-state index in [2.05, 4.69) is 18.8 Å². The second-order valence-corrected chi connectivity index (χ2v) is 10.0. The number of piperidine rings is 1. The molecule has 2 saturated heterocycles. The second kappa shape index (κ2) is 7.59. The summed E-state index contributed by atoms with van der Waals surface area (Å²) in [6.07, 6.45) is 5.07. The number of H-pyrrole nitrogens is 1. The Morgan fingerprint density at radius 3 is 2.61 bits per heavy atom. The fourth-order valence-electron chi connectivity index (χ4n) is 5.73. The highest BCUT2D eigenvalue weighted by atomic mass is 16.5. The smallest absolute Gasteiger partial charge is 0.254 e. The molecule has 2 fully saturated rings. The van der Waals surface area contributed by atoms with Crippen LogP contribution in [0.1, 0.15) is 57.2 Å². The number of rotatable bonds is 2. The quantitative estimate of drug-likeness (QED) is 0.806. The average molecular weight is 422 g/mol. The maximum atomic E-state index is 13.2. The van der Waals surface area contributed by atoms with E-state index in [0.717, 1.165) is 68.4 Å². The van der Waals surface area contributed by atoms with E-state index in [4.69, 9.17) is 9.72 Å². The van der Waals surface area contributed by atoms with Gasteiger partial charge in [0.15, 0.2) is 0 Å². The summed E-state index contributed by atoms with van der Waals surface area (Å²) in [5, 5.41) is 0. The van der Waals surface area contributed by atoms with Crippen LogP contribution in [0.5, 0.6) is 0 Å². The van der Waals surface area contributed by atoms with Crippen LogP contribution in [0.2, 0.25) is 0 Å². The number of hydrogen-bond donors (Lipinski definition) is 1. The zero-order valence-corrected chi connectivity index (χ0v) is 18.4. The number of nitrogens with one attached hydrogen (secondary N) is 1. The van der Waals surface area contributed by atoms with Crippen molar-refractivity contribution in [2.75, 3.05) is 19.7 Å². The Labute approximate surface area is 183 Å². The van der Waals surface area contributed by atoms with Crippen molar-refractivity contribution >= 4 is 5.91 Å². The van der Waals surface area contributed by atoms with Crippen LogP contribution in [0, 0.1) is 5.92 Å². The number of amides is 1. The third-order valence-electron chi connectivity index (χ3n) is 7.50. The molecule has 1 atom stereocenters. The zero-order valence-electron chi connectivity index (χ0n) is 18.4. The Bertz CT molecular complexity index is 1040. The van der Waals surface area contributed by atoms with Crippen LogP contribution in [-0.2, 0) is 21.4 Å². The van der Waals surface area contributed by atoms with E-state index < -0.39 is 0 Å². The van der Waals surface area contributed by atoms with Gasteiger partial charge in [0, 0.05) is 42.2 Å². The topological polar surface area (TPSA) is 75.3 Å². The van der Waals surface area contributed by atoms with Crippen LogP contribution < -0.4 is 5.56 Å². The highest BCUT2D eigenvalue weighted by Gasteiger charge is 2.45. The summed E-state index contributed by atoms with van der Waals surface area (Å²) in [7, 11) is 0. The first-order valence-corrected chi connectivity index (χ1v) is 11.5. The third-order valence-corrected chi connectivity index (χ3v) is 7.50. The summed E-state index contributed by atoms with van der Waals surface area (Å²) in [5.41, 5.74) is 2.42. The van der Waals surface area contributed by atoms with Crippen LogP contribution in [0.15, 0.2) is 35.1 Å². The Morgan fingerprint density at radius 2 is 1.90 bits per heavy atom. The molecule has 6 heteroatoms. The highest BCUT2D eigenvalue weighted by molar-refractivity contribution is 5.79. The molecule has 0 saturated carbocycles. The number of ether oxygens (including phenoxy) is 1. The van der Waals surface area contributed by atoms with Crippen LogP contribution in [0.25, 0.3) is 11.4 Å². The average Bonchev–Trinajstić information content (AvgIpc) is 3.12. The number of likely N-dealkylation sites (tertiary alicyclic amines) is 1. The van der Waals surface area contributed by atoms with Crippen LogP contribution in [-0.4, -0.2) is 46.1 Å². The van der Waals surface area contributed by atoms with E-state index in [-0.39, 0.29) is 28.4 Å². The minimum absolute atomic E-state index is 0.0105. The summed E-state index contributed by atoms with van der Waals surface area (Å²) < 4.78 is 5.80. The van der Waals surface area contributed by atoms with Crippen LogP contribution in [0.4, 0.5) is 0 Å². The molecular weight excluding hydrogens is 390 g/mol. The molecular formula is C25H31N3O3. The van der Waals surface area contributed by atoms with E-state index in [1.807, 2.05) is 35.2 Å². The van der Waals surface area contributed by atoms with E-state index in [9.17, 15) is 9.59 Å². The zero-order chi connectivity index (χ0) is 21.6. The van der Waals surface area contributed by atoms with Gasteiger partial charge in [0.05, 0.1) is 11.3 Å². The molecule has 6 nitrogen and oxygen atoms in total. The number of benzene rings is 1. The molecule has 1 aromatic carbocycles. The maximum Gasteiger partial charge on any atom is 0.254 e. The van der Waals surface area contributed by atoms with Gasteiger partial charge in [0.2, 0.25) is 5.91 Å². The number of fused-ring (bicyclic) bond motifs is 2. The van der Waals surface area contributed by atoms with Gasteiger partial charge in [-0.15, -0.1) is 0 Å². The van der Waals surface area contributed by atoms with Crippen LogP contribution in [0.3, 0.4) is 0 Å². The van der Waals surface area contributed by atoms with Gasteiger partial charge in [-0.05, 0) is 52.4 Å². The molecule has 3 heterocycles. The van der Waals surface area contributed by atoms with Crippen LogP contribution >= 0.6 is 0 Å². The lowest BCUT2D eigenvalue weighted by Crippen LogP contribution is -2.49.